The van der Waals surface area contributed by atoms with E-state index in [9.17, 15) is 9.59 Å². The number of hydrogen-bond donors (Lipinski definition) is 2. The lowest BCUT2D eigenvalue weighted by Gasteiger charge is -2.16. The van der Waals surface area contributed by atoms with Crippen molar-refractivity contribution < 1.29 is 9.59 Å². The molecule has 0 saturated heterocycles. The topological polar surface area (TPSA) is 78.1 Å². The van der Waals surface area contributed by atoms with E-state index in [1.165, 1.54) is 4.90 Å². The van der Waals surface area contributed by atoms with Gasteiger partial charge in [0.15, 0.2) is 0 Å². The third kappa shape index (κ3) is 2.67. The molecule has 124 valence electrons. The van der Waals surface area contributed by atoms with Gasteiger partial charge in [-0.05, 0) is 18.2 Å². The van der Waals surface area contributed by atoms with E-state index in [-0.39, 0.29) is 24.9 Å². The van der Waals surface area contributed by atoms with Crippen LogP contribution in [0.4, 0.5) is 0 Å². The Labute approximate surface area is 144 Å². The fraction of sp³-hybridized carbons (Fsp3) is 0.105. The number of fused-ring (bicyclic) bond motifs is 2. The summed E-state index contributed by atoms with van der Waals surface area (Å²) < 4.78 is 0. The molecule has 1 aromatic heterocycles. The fourth-order valence-corrected chi connectivity index (χ4v) is 2.97. The standard InChI is InChI=1S/C19H16N4O2/c1-12-13-6-2-3-7-14(13)19(25)23(12)11-18(24)20-10-17-21-15-8-4-5-9-16(15)22-17/h2-9H,1,10-11H2,(H,20,24)(H,21,22). The quantitative estimate of drug-likeness (QED) is 0.769. The number of carbonyl (C=O) groups is 2. The lowest BCUT2D eigenvalue weighted by atomic mass is 10.1. The van der Waals surface area contributed by atoms with Gasteiger partial charge in [-0.1, -0.05) is 36.9 Å². The van der Waals surface area contributed by atoms with Crippen LogP contribution in [-0.2, 0) is 11.3 Å². The summed E-state index contributed by atoms with van der Waals surface area (Å²) in [7, 11) is 0. The molecule has 0 atom stereocenters. The zero-order valence-corrected chi connectivity index (χ0v) is 13.5. The smallest absolute Gasteiger partial charge is 0.259 e. The molecule has 0 radical (unpaired) electrons. The molecule has 2 aromatic carbocycles. The van der Waals surface area contributed by atoms with Gasteiger partial charge in [-0.2, -0.15) is 0 Å². The zero-order chi connectivity index (χ0) is 17.4. The van der Waals surface area contributed by atoms with Gasteiger partial charge in [0, 0.05) is 16.8 Å². The molecule has 2 N–H and O–H groups in total. The molecule has 2 heterocycles. The minimum absolute atomic E-state index is 0.0629. The number of aromatic nitrogens is 2. The van der Waals surface area contributed by atoms with Crippen molar-refractivity contribution in [3.63, 3.8) is 0 Å². The van der Waals surface area contributed by atoms with Crippen molar-refractivity contribution in [2.45, 2.75) is 6.54 Å². The average molecular weight is 332 g/mol. The first-order chi connectivity index (χ1) is 12.1. The predicted molar refractivity (Wildman–Crippen MR) is 94.5 cm³/mol. The molecule has 2 amide bonds. The number of nitrogens with one attached hydrogen (secondary N) is 2. The van der Waals surface area contributed by atoms with Gasteiger partial charge in [-0.15, -0.1) is 0 Å². The van der Waals surface area contributed by atoms with Crippen molar-refractivity contribution in [1.29, 1.82) is 0 Å². The van der Waals surface area contributed by atoms with E-state index >= 15 is 0 Å². The van der Waals surface area contributed by atoms with Crippen molar-refractivity contribution in [1.82, 2.24) is 20.2 Å². The van der Waals surface area contributed by atoms with Gasteiger partial charge in [-0.3, -0.25) is 14.5 Å². The second-order valence-corrected chi connectivity index (χ2v) is 5.86. The highest BCUT2D eigenvalue weighted by Gasteiger charge is 2.31. The minimum Gasteiger partial charge on any atom is -0.347 e. The normalized spacial score (nSPS) is 13.4. The van der Waals surface area contributed by atoms with Crippen molar-refractivity contribution in [3.05, 3.63) is 72.1 Å². The van der Waals surface area contributed by atoms with Crippen molar-refractivity contribution >= 4 is 28.5 Å². The molecule has 6 nitrogen and oxygen atoms in total. The van der Waals surface area contributed by atoms with Gasteiger partial charge in [0.1, 0.15) is 12.4 Å². The number of aromatic amines is 1. The second kappa shape index (κ2) is 5.90. The van der Waals surface area contributed by atoms with Crippen LogP contribution in [-0.4, -0.2) is 33.2 Å². The zero-order valence-electron chi connectivity index (χ0n) is 13.5. The molecule has 4 rings (SSSR count). The van der Waals surface area contributed by atoms with E-state index < -0.39 is 0 Å². The maximum absolute atomic E-state index is 12.4. The Hall–Kier alpha value is -3.41. The molecular formula is C19H16N4O2. The molecule has 0 bridgehead atoms. The molecule has 6 heteroatoms. The third-order valence-electron chi connectivity index (χ3n) is 4.23. The average Bonchev–Trinajstić information content (AvgIpc) is 3.15. The Bertz CT molecular complexity index is 937. The number of nitrogens with zero attached hydrogens (tertiary/aromatic N) is 2. The summed E-state index contributed by atoms with van der Waals surface area (Å²) in [6, 6.07) is 14.9. The number of imidazole rings is 1. The van der Waals surface area contributed by atoms with E-state index in [4.69, 9.17) is 0 Å². The highest BCUT2D eigenvalue weighted by atomic mass is 16.2. The van der Waals surface area contributed by atoms with Gasteiger partial charge < -0.3 is 10.3 Å². The summed E-state index contributed by atoms with van der Waals surface area (Å²) in [5, 5.41) is 2.79. The number of rotatable bonds is 4. The van der Waals surface area contributed by atoms with Gasteiger partial charge in [-0.25, -0.2) is 4.98 Å². The summed E-state index contributed by atoms with van der Waals surface area (Å²) in [6.45, 7) is 4.14. The maximum Gasteiger partial charge on any atom is 0.259 e. The van der Waals surface area contributed by atoms with Crippen molar-refractivity contribution in [2.75, 3.05) is 6.54 Å². The monoisotopic (exact) mass is 332 g/mol. The van der Waals surface area contributed by atoms with E-state index in [0.29, 0.717) is 17.1 Å². The summed E-state index contributed by atoms with van der Waals surface area (Å²) >= 11 is 0. The highest BCUT2D eigenvalue weighted by Crippen LogP contribution is 2.30. The number of H-pyrrole nitrogens is 1. The molecule has 0 unspecified atom stereocenters. The Morgan fingerprint density at radius 3 is 2.60 bits per heavy atom. The van der Waals surface area contributed by atoms with Gasteiger partial charge in [0.25, 0.3) is 5.91 Å². The lowest BCUT2D eigenvalue weighted by Crippen LogP contribution is -2.36. The molecule has 1 aliphatic heterocycles. The van der Waals surface area contributed by atoms with Crippen molar-refractivity contribution in [3.8, 4) is 0 Å². The Morgan fingerprint density at radius 2 is 1.84 bits per heavy atom. The van der Waals surface area contributed by atoms with E-state index in [2.05, 4.69) is 21.9 Å². The first-order valence-corrected chi connectivity index (χ1v) is 7.94. The van der Waals surface area contributed by atoms with Crippen LogP contribution < -0.4 is 5.32 Å². The van der Waals surface area contributed by atoms with Crippen LogP contribution >= 0.6 is 0 Å². The number of amides is 2. The summed E-state index contributed by atoms with van der Waals surface area (Å²) in [5.41, 5.74) is 3.69. The Morgan fingerprint density at radius 1 is 1.12 bits per heavy atom. The van der Waals surface area contributed by atoms with Gasteiger partial charge in [0.2, 0.25) is 5.91 Å². The number of para-hydroxylation sites is 2. The van der Waals surface area contributed by atoms with Crippen LogP contribution in [0.5, 0.6) is 0 Å². The molecule has 0 fully saturated rings. The number of hydrogen-bond acceptors (Lipinski definition) is 3. The highest BCUT2D eigenvalue weighted by molar-refractivity contribution is 6.10. The van der Waals surface area contributed by atoms with Gasteiger partial charge >= 0.3 is 0 Å². The van der Waals surface area contributed by atoms with E-state index in [1.807, 2.05) is 36.4 Å². The van der Waals surface area contributed by atoms with Crippen LogP contribution in [0.3, 0.4) is 0 Å². The first-order valence-electron chi connectivity index (χ1n) is 7.94. The third-order valence-corrected chi connectivity index (χ3v) is 4.23. The predicted octanol–water partition coefficient (Wildman–Crippen LogP) is 2.31. The largest absolute Gasteiger partial charge is 0.347 e. The van der Waals surface area contributed by atoms with Crippen LogP contribution in [0.2, 0.25) is 0 Å². The number of carbonyl (C=O) groups excluding carboxylic acids is 2. The molecule has 0 saturated carbocycles. The van der Waals surface area contributed by atoms with Crippen LogP contribution in [0.25, 0.3) is 16.7 Å². The maximum atomic E-state index is 12.4. The van der Waals surface area contributed by atoms with Crippen LogP contribution in [0, 0.1) is 0 Å². The Balaban J connectivity index is 1.41. The Kier molecular flexibility index (Phi) is 3.57. The van der Waals surface area contributed by atoms with Crippen molar-refractivity contribution in [2.24, 2.45) is 0 Å². The molecule has 0 aliphatic carbocycles. The van der Waals surface area contributed by atoms with Gasteiger partial charge in [0.05, 0.1) is 17.6 Å². The van der Waals surface area contributed by atoms with E-state index in [0.717, 1.165) is 16.6 Å². The fourth-order valence-electron chi connectivity index (χ4n) is 2.97. The SMILES string of the molecule is C=C1c2ccccc2C(=O)N1CC(=O)NCc1nc2ccccc2[nH]1. The number of benzene rings is 2. The molecule has 3 aromatic rings. The minimum atomic E-state index is -0.261. The first kappa shape index (κ1) is 15.1. The molecular weight excluding hydrogens is 316 g/mol. The summed E-state index contributed by atoms with van der Waals surface area (Å²) in [6.07, 6.45) is 0. The molecule has 25 heavy (non-hydrogen) atoms. The van der Waals surface area contributed by atoms with Crippen LogP contribution in [0.1, 0.15) is 21.7 Å². The molecule has 1 aliphatic rings. The summed E-state index contributed by atoms with van der Waals surface area (Å²) in [4.78, 5) is 33.6. The summed E-state index contributed by atoms with van der Waals surface area (Å²) in [5.74, 6) is 0.215. The van der Waals surface area contributed by atoms with E-state index in [1.54, 1.807) is 12.1 Å². The van der Waals surface area contributed by atoms with Crippen LogP contribution in [0.15, 0.2) is 55.1 Å². The molecule has 0 spiro atoms. The second-order valence-electron chi connectivity index (χ2n) is 5.86. The lowest BCUT2D eigenvalue weighted by molar-refractivity contribution is -0.121.